The van der Waals surface area contributed by atoms with Crippen molar-refractivity contribution in [3.05, 3.63) is 29.6 Å². The number of benzene rings is 1. The zero-order valence-electron chi connectivity index (χ0n) is 10.7. The van der Waals surface area contributed by atoms with E-state index in [-0.39, 0.29) is 17.9 Å². The topological polar surface area (TPSA) is 86.6 Å². The minimum Gasteiger partial charge on any atom is -0.508 e. The Bertz CT molecular complexity index is 503. The van der Waals surface area contributed by atoms with E-state index in [2.05, 4.69) is 5.32 Å². The van der Waals surface area contributed by atoms with Gasteiger partial charge in [0.1, 0.15) is 11.6 Å². The molecule has 0 radical (unpaired) electrons. The van der Waals surface area contributed by atoms with E-state index in [9.17, 15) is 14.0 Å². The molecule has 0 aliphatic carbocycles. The molecule has 3 N–H and O–H groups in total. The highest BCUT2D eigenvalue weighted by Crippen LogP contribution is 2.20. The summed E-state index contributed by atoms with van der Waals surface area (Å²) in [4.78, 5) is 22.8. The van der Waals surface area contributed by atoms with Gasteiger partial charge in [-0.05, 0) is 25.5 Å². The van der Waals surface area contributed by atoms with Crippen molar-refractivity contribution >= 4 is 11.9 Å². The Hall–Kier alpha value is -2.11. The van der Waals surface area contributed by atoms with Gasteiger partial charge in [0.15, 0.2) is 0 Å². The summed E-state index contributed by atoms with van der Waals surface area (Å²) in [6.07, 6.45) is 0.334. The zero-order valence-corrected chi connectivity index (χ0v) is 10.7. The van der Waals surface area contributed by atoms with Crippen molar-refractivity contribution < 1.29 is 24.2 Å². The average molecular weight is 269 g/mol. The fourth-order valence-electron chi connectivity index (χ4n) is 1.41. The molecule has 1 atom stereocenters. The number of halogens is 1. The third kappa shape index (κ3) is 3.43. The Kier molecular flexibility index (Phi) is 4.47. The van der Waals surface area contributed by atoms with Gasteiger partial charge in [-0.15, -0.1) is 0 Å². The normalized spacial score (nSPS) is 13.6. The van der Waals surface area contributed by atoms with Crippen LogP contribution in [0.1, 0.15) is 30.6 Å². The van der Waals surface area contributed by atoms with Gasteiger partial charge in [0.25, 0.3) is 5.91 Å². The molecule has 0 spiro atoms. The number of carbonyl (C=O) groups excluding carboxylic acids is 1. The van der Waals surface area contributed by atoms with Crippen LogP contribution in [-0.2, 0) is 4.79 Å². The minimum absolute atomic E-state index is 0.0992. The molecule has 1 aromatic rings. The summed E-state index contributed by atoms with van der Waals surface area (Å²) in [6, 6.07) is 3.16. The lowest BCUT2D eigenvalue weighted by Gasteiger charge is -2.23. The average Bonchev–Trinajstić information content (AvgIpc) is 2.35. The molecule has 104 valence electrons. The summed E-state index contributed by atoms with van der Waals surface area (Å²) in [6.45, 7) is 3.10. The molecule has 19 heavy (non-hydrogen) atoms. The lowest BCUT2D eigenvalue weighted by Crippen LogP contribution is -2.40. The molecule has 1 unspecified atom stereocenters. The van der Waals surface area contributed by atoms with Gasteiger partial charge >= 0.3 is 5.97 Å². The number of hydrogen-bond acceptors (Lipinski definition) is 3. The maximum Gasteiger partial charge on any atom is 0.311 e. The first-order valence-electron chi connectivity index (χ1n) is 5.80. The van der Waals surface area contributed by atoms with Gasteiger partial charge in [-0.25, -0.2) is 4.39 Å². The fraction of sp³-hybridized carbons (Fsp3) is 0.385. The van der Waals surface area contributed by atoms with Gasteiger partial charge in [-0.3, -0.25) is 9.59 Å². The van der Waals surface area contributed by atoms with Gasteiger partial charge in [0, 0.05) is 12.6 Å². The van der Waals surface area contributed by atoms with Gasteiger partial charge in [0.05, 0.1) is 11.0 Å². The molecule has 0 bridgehead atoms. The number of rotatable bonds is 5. The van der Waals surface area contributed by atoms with E-state index in [0.717, 1.165) is 12.1 Å². The van der Waals surface area contributed by atoms with Gasteiger partial charge in [-0.2, -0.15) is 0 Å². The smallest absolute Gasteiger partial charge is 0.311 e. The van der Waals surface area contributed by atoms with Crippen LogP contribution < -0.4 is 5.32 Å². The first-order valence-corrected chi connectivity index (χ1v) is 5.80. The Morgan fingerprint density at radius 3 is 2.53 bits per heavy atom. The van der Waals surface area contributed by atoms with E-state index in [1.807, 2.05) is 0 Å². The van der Waals surface area contributed by atoms with E-state index in [0.29, 0.717) is 6.42 Å². The van der Waals surface area contributed by atoms with E-state index in [1.165, 1.54) is 13.0 Å². The number of aromatic hydroxyl groups is 1. The van der Waals surface area contributed by atoms with Crippen LogP contribution in [0.15, 0.2) is 18.2 Å². The van der Waals surface area contributed by atoms with Crippen molar-refractivity contribution in [2.75, 3.05) is 6.54 Å². The van der Waals surface area contributed by atoms with Crippen molar-refractivity contribution in [3.63, 3.8) is 0 Å². The first kappa shape index (κ1) is 14.9. The summed E-state index contributed by atoms with van der Waals surface area (Å²) in [7, 11) is 0. The number of aliphatic carboxylic acids is 1. The van der Waals surface area contributed by atoms with E-state index >= 15 is 0 Å². The van der Waals surface area contributed by atoms with Crippen molar-refractivity contribution in [1.82, 2.24) is 5.32 Å². The Balaban J connectivity index is 2.78. The summed E-state index contributed by atoms with van der Waals surface area (Å²) < 4.78 is 13.4. The molecule has 0 aliphatic heterocycles. The quantitative estimate of drug-likeness (QED) is 0.760. The second-order valence-corrected chi connectivity index (χ2v) is 4.57. The second-order valence-electron chi connectivity index (χ2n) is 4.57. The van der Waals surface area contributed by atoms with Crippen LogP contribution in [-0.4, -0.2) is 28.6 Å². The second kappa shape index (κ2) is 5.69. The molecule has 0 saturated carbocycles. The van der Waals surface area contributed by atoms with Crippen molar-refractivity contribution in [3.8, 4) is 5.75 Å². The first-order chi connectivity index (χ1) is 8.80. The maximum atomic E-state index is 13.4. The number of nitrogens with one attached hydrogen (secondary N) is 1. The third-order valence-corrected chi connectivity index (χ3v) is 3.13. The SMILES string of the molecule is CCC(C)(CNC(=O)c1ccc(O)cc1F)C(=O)O. The van der Waals surface area contributed by atoms with Gasteiger partial charge in [-0.1, -0.05) is 6.92 Å². The molecular weight excluding hydrogens is 253 g/mol. The monoisotopic (exact) mass is 269 g/mol. The Morgan fingerprint density at radius 1 is 1.42 bits per heavy atom. The number of carbonyl (C=O) groups is 2. The molecule has 0 aromatic heterocycles. The molecule has 1 rings (SSSR count). The van der Waals surface area contributed by atoms with E-state index in [1.54, 1.807) is 6.92 Å². The highest BCUT2D eigenvalue weighted by atomic mass is 19.1. The van der Waals surface area contributed by atoms with Crippen LogP contribution in [0.4, 0.5) is 4.39 Å². The lowest BCUT2D eigenvalue weighted by atomic mass is 9.87. The molecular formula is C13H16FNO4. The third-order valence-electron chi connectivity index (χ3n) is 3.13. The molecule has 0 heterocycles. The lowest BCUT2D eigenvalue weighted by molar-refractivity contribution is -0.147. The van der Waals surface area contributed by atoms with Crippen molar-refractivity contribution in [1.29, 1.82) is 0 Å². The molecule has 0 saturated heterocycles. The van der Waals surface area contributed by atoms with Crippen LogP contribution in [0.25, 0.3) is 0 Å². The summed E-state index contributed by atoms with van der Waals surface area (Å²) in [5, 5.41) is 20.5. The van der Waals surface area contributed by atoms with Crippen LogP contribution in [0.5, 0.6) is 5.75 Å². The van der Waals surface area contributed by atoms with Crippen LogP contribution in [0.3, 0.4) is 0 Å². The van der Waals surface area contributed by atoms with Crippen LogP contribution >= 0.6 is 0 Å². The standard InChI is InChI=1S/C13H16FNO4/c1-3-13(2,12(18)19)7-15-11(17)9-5-4-8(16)6-10(9)14/h4-6,16H,3,7H2,1-2H3,(H,15,17)(H,18,19). The molecule has 6 heteroatoms. The molecule has 0 fully saturated rings. The predicted octanol–water partition coefficient (Wildman–Crippen LogP) is 1.76. The minimum atomic E-state index is -1.09. The number of carboxylic acid groups (broad SMARTS) is 1. The number of hydrogen-bond donors (Lipinski definition) is 3. The van der Waals surface area contributed by atoms with E-state index < -0.39 is 23.1 Å². The van der Waals surface area contributed by atoms with Crippen molar-refractivity contribution in [2.45, 2.75) is 20.3 Å². The number of phenols is 1. The molecule has 1 aromatic carbocycles. The van der Waals surface area contributed by atoms with Gasteiger partial charge < -0.3 is 15.5 Å². The van der Waals surface area contributed by atoms with E-state index in [4.69, 9.17) is 10.2 Å². The van der Waals surface area contributed by atoms with Crippen LogP contribution in [0.2, 0.25) is 0 Å². The Morgan fingerprint density at radius 2 is 2.05 bits per heavy atom. The fourth-order valence-corrected chi connectivity index (χ4v) is 1.41. The number of phenolic OH excluding ortho intramolecular Hbond substituents is 1. The predicted molar refractivity (Wildman–Crippen MR) is 66.4 cm³/mol. The highest BCUT2D eigenvalue weighted by molar-refractivity contribution is 5.94. The molecule has 5 nitrogen and oxygen atoms in total. The van der Waals surface area contributed by atoms with Gasteiger partial charge in [0.2, 0.25) is 0 Å². The Labute approximate surface area is 110 Å². The summed E-state index contributed by atoms with van der Waals surface area (Å²) in [5.74, 6) is -2.87. The van der Waals surface area contributed by atoms with Crippen LogP contribution in [0, 0.1) is 11.2 Å². The zero-order chi connectivity index (χ0) is 14.6. The maximum absolute atomic E-state index is 13.4. The summed E-state index contributed by atoms with van der Waals surface area (Å²) in [5.41, 5.74) is -1.33. The number of amides is 1. The highest BCUT2D eigenvalue weighted by Gasteiger charge is 2.31. The van der Waals surface area contributed by atoms with Crippen molar-refractivity contribution in [2.24, 2.45) is 5.41 Å². The number of carboxylic acids is 1. The summed E-state index contributed by atoms with van der Waals surface area (Å²) >= 11 is 0. The molecule has 0 aliphatic rings. The largest absolute Gasteiger partial charge is 0.508 e. The molecule has 1 amide bonds.